The molecule has 0 spiro atoms. The lowest BCUT2D eigenvalue weighted by Crippen LogP contribution is -2.22. The number of halogens is 2. The minimum Gasteiger partial charge on any atom is -0.370 e. The van der Waals surface area contributed by atoms with Crippen LogP contribution in [0.1, 0.15) is 29.1 Å². The highest BCUT2D eigenvalue weighted by molar-refractivity contribution is 7.09. The minimum atomic E-state index is -0.414. The molecule has 0 saturated carbocycles. The zero-order chi connectivity index (χ0) is 20.2. The molecule has 1 fully saturated rings. The first-order valence-corrected chi connectivity index (χ1v) is 10.9. The van der Waals surface area contributed by atoms with Gasteiger partial charge in [0.1, 0.15) is 11.5 Å². The number of nitrogens with zero attached hydrogens (tertiary/aromatic N) is 2. The van der Waals surface area contributed by atoms with Gasteiger partial charge < -0.3 is 10.2 Å². The third-order valence-corrected chi connectivity index (χ3v) is 6.02. The van der Waals surface area contributed by atoms with E-state index in [1.54, 1.807) is 6.07 Å². The SMILES string of the molecule is O=C(Cc1csc(Cc2cccc(Cl)c2)n1)Nc1c(F)cccc1N1CCCC1. The molecule has 1 N–H and O–H groups in total. The third kappa shape index (κ3) is 4.95. The summed E-state index contributed by atoms with van der Waals surface area (Å²) in [4.78, 5) is 19.2. The number of nitrogens with one attached hydrogen (secondary N) is 1. The monoisotopic (exact) mass is 429 g/mol. The molecule has 0 bridgehead atoms. The summed E-state index contributed by atoms with van der Waals surface area (Å²) < 4.78 is 14.4. The number of carbonyl (C=O) groups is 1. The number of amides is 1. The summed E-state index contributed by atoms with van der Waals surface area (Å²) in [5, 5.41) is 6.25. The Morgan fingerprint density at radius 3 is 2.79 bits per heavy atom. The Morgan fingerprint density at radius 1 is 1.21 bits per heavy atom. The van der Waals surface area contributed by atoms with Gasteiger partial charge in [0.15, 0.2) is 0 Å². The van der Waals surface area contributed by atoms with Gasteiger partial charge in [-0.05, 0) is 42.7 Å². The number of carbonyl (C=O) groups excluding carboxylic acids is 1. The van der Waals surface area contributed by atoms with Crippen LogP contribution in [0.25, 0.3) is 0 Å². The van der Waals surface area contributed by atoms with Crippen LogP contribution in [0.4, 0.5) is 15.8 Å². The van der Waals surface area contributed by atoms with Gasteiger partial charge in [-0.15, -0.1) is 11.3 Å². The van der Waals surface area contributed by atoms with Gasteiger partial charge in [0.05, 0.1) is 22.8 Å². The molecule has 1 aliphatic heterocycles. The lowest BCUT2D eigenvalue weighted by Gasteiger charge is -2.21. The predicted octanol–water partition coefficient (Wildman–Crippen LogP) is 5.31. The van der Waals surface area contributed by atoms with Gasteiger partial charge in [-0.25, -0.2) is 9.37 Å². The number of benzene rings is 2. The fourth-order valence-corrected chi connectivity index (χ4v) is 4.58. The van der Waals surface area contributed by atoms with Crippen LogP contribution in [0.2, 0.25) is 5.02 Å². The Labute approximate surface area is 178 Å². The maximum atomic E-state index is 14.4. The van der Waals surface area contributed by atoms with Crippen molar-refractivity contribution < 1.29 is 9.18 Å². The van der Waals surface area contributed by atoms with Crippen LogP contribution in [0.5, 0.6) is 0 Å². The number of anilines is 2. The second kappa shape index (κ2) is 8.93. The maximum Gasteiger partial charge on any atom is 0.230 e. The van der Waals surface area contributed by atoms with Gasteiger partial charge in [0.25, 0.3) is 0 Å². The average molecular weight is 430 g/mol. The van der Waals surface area contributed by atoms with Crippen molar-refractivity contribution in [3.8, 4) is 0 Å². The van der Waals surface area contributed by atoms with E-state index in [1.807, 2.05) is 35.7 Å². The highest BCUT2D eigenvalue weighted by Gasteiger charge is 2.20. The van der Waals surface area contributed by atoms with Crippen LogP contribution in [-0.4, -0.2) is 24.0 Å². The van der Waals surface area contributed by atoms with E-state index >= 15 is 0 Å². The molecule has 2 heterocycles. The quantitative estimate of drug-likeness (QED) is 0.577. The van der Waals surface area contributed by atoms with Crippen molar-refractivity contribution in [3.05, 3.63) is 74.9 Å². The zero-order valence-electron chi connectivity index (χ0n) is 15.8. The molecule has 4 rings (SSSR count). The number of aromatic nitrogens is 1. The summed E-state index contributed by atoms with van der Waals surface area (Å²) >= 11 is 7.54. The molecule has 4 nitrogen and oxygen atoms in total. The molecule has 1 aliphatic rings. The first-order valence-electron chi connectivity index (χ1n) is 9.59. The van der Waals surface area contributed by atoms with Crippen LogP contribution >= 0.6 is 22.9 Å². The molecule has 29 heavy (non-hydrogen) atoms. The van der Waals surface area contributed by atoms with Crippen LogP contribution in [0, 0.1) is 5.82 Å². The van der Waals surface area contributed by atoms with Crippen molar-refractivity contribution in [1.82, 2.24) is 4.98 Å². The molecule has 1 saturated heterocycles. The van der Waals surface area contributed by atoms with Crippen molar-refractivity contribution in [2.75, 3.05) is 23.3 Å². The Hall–Kier alpha value is -2.44. The van der Waals surface area contributed by atoms with E-state index in [4.69, 9.17) is 11.6 Å². The van der Waals surface area contributed by atoms with Crippen LogP contribution < -0.4 is 10.2 Å². The number of para-hydroxylation sites is 1. The smallest absolute Gasteiger partial charge is 0.230 e. The van der Waals surface area contributed by atoms with Gasteiger partial charge in [-0.3, -0.25) is 4.79 Å². The van der Waals surface area contributed by atoms with Crippen LogP contribution in [0.3, 0.4) is 0 Å². The summed E-state index contributed by atoms with van der Waals surface area (Å²) in [5.41, 5.74) is 2.76. The number of hydrogen-bond acceptors (Lipinski definition) is 4. The topological polar surface area (TPSA) is 45.2 Å². The van der Waals surface area contributed by atoms with Crippen molar-refractivity contribution in [2.24, 2.45) is 0 Å². The molecule has 2 aromatic carbocycles. The zero-order valence-corrected chi connectivity index (χ0v) is 17.4. The molecule has 7 heteroatoms. The van der Waals surface area contributed by atoms with Crippen LogP contribution in [-0.2, 0) is 17.6 Å². The first kappa shape index (κ1) is 19.9. The average Bonchev–Trinajstić information content (AvgIpc) is 3.36. The van der Waals surface area contributed by atoms with Crippen molar-refractivity contribution in [3.63, 3.8) is 0 Å². The van der Waals surface area contributed by atoms with E-state index in [0.717, 1.165) is 42.2 Å². The summed E-state index contributed by atoms with van der Waals surface area (Å²) in [6.45, 7) is 1.76. The molecular weight excluding hydrogens is 409 g/mol. The van der Waals surface area contributed by atoms with Crippen molar-refractivity contribution in [2.45, 2.75) is 25.7 Å². The highest BCUT2D eigenvalue weighted by atomic mass is 35.5. The number of thiazole rings is 1. The summed E-state index contributed by atoms with van der Waals surface area (Å²) in [7, 11) is 0. The standard InChI is InChI=1S/C22H21ClFN3OS/c23-16-6-3-5-15(11-16)12-21-25-17(14-29-21)13-20(28)26-22-18(24)7-4-8-19(22)27-9-1-2-10-27/h3-8,11,14H,1-2,9-10,12-13H2,(H,26,28). The molecule has 150 valence electrons. The van der Waals surface area contributed by atoms with Gasteiger partial charge in [-0.2, -0.15) is 0 Å². The molecule has 0 atom stereocenters. The molecule has 1 amide bonds. The molecule has 3 aromatic rings. The lowest BCUT2D eigenvalue weighted by atomic mass is 10.2. The largest absolute Gasteiger partial charge is 0.370 e. The van der Waals surface area contributed by atoms with E-state index in [-0.39, 0.29) is 18.0 Å². The second-order valence-electron chi connectivity index (χ2n) is 7.09. The Kier molecular flexibility index (Phi) is 6.11. The Bertz CT molecular complexity index is 1020. The minimum absolute atomic E-state index is 0.111. The predicted molar refractivity (Wildman–Crippen MR) is 117 cm³/mol. The second-order valence-corrected chi connectivity index (χ2v) is 8.47. The molecule has 1 aromatic heterocycles. The molecule has 0 unspecified atom stereocenters. The van der Waals surface area contributed by atoms with E-state index in [9.17, 15) is 9.18 Å². The van der Waals surface area contributed by atoms with Gasteiger partial charge in [-0.1, -0.05) is 29.8 Å². The third-order valence-electron chi connectivity index (χ3n) is 4.89. The van der Waals surface area contributed by atoms with E-state index < -0.39 is 5.82 Å². The van der Waals surface area contributed by atoms with Crippen molar-refractivity contribution >= 4 is 40.2 Å². The van der Waals surface area contributed by atoms with E-state index in [1.165, 1.54) is 17.4 Å². The van der Waals surface area contributed by atoms with E-state index in [2.05, 4.69) is 15.2 Å². The molecule has 0 radical (unpaired) electrons. The summed E-state index contributed by atoms with van der Waals surface area (Å²) in [6, 6.07) is 12.6. The maximum absolute atomic E-state index is 14.4. The Balaban J connectivity index is 1.42. The highest BCUT2D eigenvalue weighted by Crippen LogP contribution is 2.31. The molecule has 0 aliphatic carbocycles. The first-order chi connectivity index (χ1) is 14.1. The van der Waals surface area contributed by atoms with Gasteiger partial charge >= 0.3 is 0 Å². The summed E-state index contributed by atoms with van der Waals surface area (Å²) in [5.74, 6) is -0.683. The number of rotatable bonds is 6. The normalized spacial score (nSPS) is 13.7. The van der Waals surface area contributed by atoms with Crippen LogP contribution in [0.15, 0.2) is 47.8 Å². The summed E-state index contributed by atoms with van der Waals surface area (Å²) in [6.07, 6.45) is 2.94. The Morgan fingerprint density at radius 2 is 2.00 bits per heavy atom. The fraction of sp³-hybridized carbons (Fsp3) is 0.273. The number of hydrogen-bond donors (Lipinski definition) is 1. The van der Waals surface area contributed by atoms with Gasteiger partial charge in [0.2, 0.25) is 5.91 Å². The van der Waals surface area contributed by atoms with E-state index in [0.29, 0.717) is 17.1 Å². The lowest BCUT2D eigenvalue weighted by molar-refractivity contribution is -0.115. The van der Waals surface area contributed by atoms with Crippen molar-refractivity contribution in [1.29, 1.82) is 0 Å². The van der Waals surface area contributed by atoms with Gasteiger partial charge in [0, 0.05) is 29.9 Å². The fourth-order valence-electron chi connectivity index (χ4n) is 3.54. The molecular formula is C22H21ClFN3OS.